The summed E-state index contributed by atoms with van der Waals surface area (Å²) in [5, 5.41) is 9.85. The molecule has 2 N–H and O–H groups in total. The molecule has 0 aliphatic heterocycles. The molecule has 0 saturated carbocycles. The van der Waals surface area contributed by atoms with Gasteiger partial charge in [-0.1, -0.05) is 18.2 Å². The topological polar surface area (TPSA) is 70.2 Å². The van der Waals surface area contributed by atoms with E-state index in [1.54, 1.807) is 18.2 Å². The van der Waals surface area contributed by atoms with Gasteiger partial charge in [0.2, 0.25) is 0 Å². The van der Waals surface area contributed by atoms with E-state index in [0.29, 0.717) is 17.0 Å². The van der Waals surface area contributed by atoms with Crippen molar-refractivity contribution in [2.75, 3.05) is 0 Å². The molecule has 1 aromatic heterocycles. The predicted molar refractivity (Wildman–Crippen MR) is 56.0 cm³/mol. The summed E-state index contributed by atoms with van der Waals surface area (Å²) in [5.41, 5.74) is -0.353. The third kappa shape index (κ3) is 1.74. The van der Waals surface area contributed by atoms with Gasteiger partial charge in [-0.2, -0.15) is 0 Å². The van der Waals surface area contributed by atoms with Crippen LogP contribution in [-0.4, -0.2) is 16.1 Å². The number of aromatic nitrogens is 1. The molecule has 0 aromatic carbocycles. The first-order valence-electron chi connectivity index (χ1n) is 4.52. The number of rotatable bonds is 1. The molecule has 0 unspecified atom stereocenters. The van der Waals surface area contributed by atoms with Crippen LogP contribution in [0.2, 0.25) is 0 Å². The molecule has 0 atom stereocenters. The Morgan fingerprint density at radius 1 is 1.47 bits per heavy atom. The van der Waals surface area contributed by atoms with Crippen molar-refractivity contribution in [1.82, 2.24) is 4.98 Å². The van der Waals surface area contributed by atoms with E-state index < -0.39 is 5.97 Å². The second-order valence-corrected chi connectivity index (χ2v) is 3.21. The molecule has 1 aromatic rings. The summed E-state index contributed by atoms with van der Waals surface area (Å²) in [6.45, 7) is 0. The molecule has 4 heteroatoms. The molecular weight excluding hydrogens is 194 g/mol. The second-order valence-electron chi connectivity index (χ2n) is 3.21. The summed E-state index contributed by atoms with van der Waals surface area (Å²) < 4.78 is 0. The molecule has 1 aliphatic carbocycles. The minimum atomic E-state index is -1.12. The highest BCUT2D eigenvalue weighted by molar-refractivity contribution is 5.85. The zero-order valence-electron chi connectivity index (χ0n) is 7.86. The summed E-state index contributed by atoms with van der Waals surface area (Å²) in [6, 6.07) is 1.10. The van der Waals surface area contributed by atoms with Crippen molar-refractivity contribution in [3.8, 4) is 0 Å². The molecule has 4 nitrogen and oxygen atoms in total. The van der Waals surface area contributed by atoms with Crippen LogP contribution >= 0.6 is 0 Å². The summed E-state index contributed by atoms with van der Waals surface area (Å²) in [5.74, 6) is -1.12. The minimum Gasteiger partial charge on any atom is -0.477 e. The first-order chi connectivity index (χ1) is 7.18. The van der Waals surface area contributed by atoms with Gasteiger partial charge in [0.15, 0.2) is 5.43 Å². The maximum Gasteiger partial charge on any atom is 0.352 e. The van der Waals surface area contributed by atoms with E-state index in [2.05, 4.69) is 4.98 Å². The Morgan fingerprint density at radius 2 is 2.27 bits per heavy atom. The van der Waals surface area contributed by atoms with Crippen LogP contribution in [0, 0.1) is 0 Å². The van der Waals surface area contributed by atoms with Crippen LogP contribution in [0.15, 0.2) is 23.0 Å². The average molecular weight is 203 g/mol. The van der Waals surface area contributed by atoms with Crippen molar-refractivity contribution >= 4 is 18.1 Å². The van der Waals surface area contributed by atoms with E-state index >= 15 is 0 Å². The average Bonchev–Trinajstić information content (AvgIpc) is 2.42. The van der Waals surface area contributed by atoms with Crippen LogP contribution in [0.1, 0.15) is 16.9 Å². The molecule has 76 valence electrons. The molecule has 2 rings (SSSR count). The van der Waals surface area contributed by atoms with Crippen molar-refractivity contribution in [2.45, 2.75) is 6.42 Å². The lowest BCUT2D eigenvalue weighted by Gasteiger charge is -1.95. The Balaban J connectivity index is 2.85. The normalized spacial score (nSPS) is 13.3. The van der Waals surface area contributed by atoms with Crippen molar-refractivity contribution < 1.29 is 9.90 Å². The van der Waals surface area contributed by atoms with Crippen molar-refractivity contribution in [3.05, 3.63) is 44.7 Å². The Kier molecular flexibility index (Phi) is 2.25. The summed E-state index contributed by atoms with van der Waals surface area (Å²) >= 11 is 0. The van der Waals surface area contributed by atoms with Gasteiger partial charge in [-0.15, -0.1) is 0 Å². The van der Waals surface area contributed by atoms with Gasteiger partial charge in [0.1, 0.15) is 5.69 Å². The van der Waals surface area contributed by atoms with Gasteiger partial charge in [-0.05, 0) is 12.5 Å². The number of aromatic amines is 1. The number of carboxylic acids is 1. The van der Waals surface area contributed by atoms with Crippen molar-refractivity contribution in [1.29, 1.82) is 0 Å². The van der Waals surface area contributed by atoms with E-state index in [0.717, 1.165) is 6.07 Å². The summed E-state index contributed by atoms with van der Waals surface area (Å²) in [6.07, 6.45) is 7.85. The number of allylic oxidation sites excluding steroid dienone is 2. The van der Waals surface area contributed by atoms with Crippen molar-refractivity contribution in [3.63, 3.8) is 0 Å². The molecule has 0 fully saturated rings. The van der Waals surface area contributed by atoms with Crippen LogP contribution in [0.3, 0.4) is 0 Å². The number of fused-ring (bicyclic) bond motifs is 1. The highest BCUT2D eigenvalue weighted by Gasteiger charge is 2.05. The SMILES string of the molecule is O=C(O)c1cc(=O)c2c([nH]1)=CCC=CC=2. The highest BCUT2D eigenvalue weighted by Crippen LogP contribution is 1.88. The van der Waals surface area contributed by atoms with Gasteiger partial charge in [-0.25, -0.2) is 4.79 Å². The van der Waals surface area contributed by atoms with E-state index in [1.165, 1.54) is 0 Å². The first-order valence-corrected chi connectivity index (χ1v) is 4.52. The van der Waals surface area contributed by atoms with Gasteiger partial charge >= 0.3 is 5.97 Å². The van der Waals surface area contributed by atoms with Crippen LogP contribution < -0.4 is 16.0 Å². The maximum atomic E-state index is 11.6. The van der Waals surface area contributed by atoms with E-state index in [4.69, 9.17) is 5.11 Å². The van der Waals surface area contributed by atoms with E-state index in [9.17, 15) is 9.59 Å². The van der Waals surface area contributed by atoms with Crippen molar-refractivity contribution in [2.24, 2.45) is 0 Å². The molecule has 1 aliphatic rings. The predicted octanol–water partition coefficient (Wildman–Crippen LogP) is -0.406. The summed E-state index contributed by atoms with van der Waals surface area (Å²) in [4.78, 5) is 25.0. The number of H-pyrrole nitrogens is 1. The maximum absolute atomic E-state index is 11.6. The lowest BCUT2D eigenvalue weighted by atomic mass is 10.2. The van der Waals surface area contributed by atoms with Gasteiger partial charge in [0.05, 0.1) is 0 Å². The van der Waals surface area contributed by atoms with Gasteiger partial charge in [0, 0.05) is 16.6 Å². The zero-order chi connectivity index (χ0) is 10.8. The molecular formula is C11H9NO3. The second kappa shape index (κ2) is 3.57. The van der Waals surface area contributed by atoms with Crippen LogP contribution in [-0.2, 0) is 0 Å². The number of nitrogens with one attached hydrogen (secondary N) is 1. The Morgan fingerprint density at radius 3 is 3.00 bits per heavy atom. The fourth-order valence-electron chi connectivity index (χ4n) is 1.47. The molecule has 0 saturated heterocycles. The number of carbonyl (C=O) groups is 1. The van der Waals surface area contributed by atoms with Crippen LogP contribution in [0.4, 0.5) is 0 Å². The fraction of sp³-hybridized carbons (Fsp3) is 0.0909. The Labute approximate surface area is 84.9 Å². The van der Waals surface area contributed by atoms with Crippen LogP contribution in [0.25, 0.3) is 12.2 Å². The number of pyridine rings is 1. The lowest BCUT2D eigenvalue weighted by molar-refractivity contribution is 0.0690. The number of hydrogen-bond donors (Lipinski definition) is 2. The molecule has 0 bridgehead atoms. The zero-order valence-corrected chi connectivity index (χ0v) is 7.86. The monoisotopic (exact) mass is 203 g/mol. The molecule has 0 radical (unpaired) electrons. The Bertz CT molecular complexity index is 608. The lowest BCUT2D eigenvalue weighted by Crippen LogP contribution is -2.41. The first kappa shape index (κ1) is 9.45. The summed E-state index contributed by atoms with van der Waals surface area (Å²) in [7, 11) is 0. The fourth-order valence-corrected chi connectivity index (χ4v) is 1.47. The quantitative estimate of drug-likeness (QED) is 0.652. The highest BCUT2D eigenvalue weighted by atomic mass is 16.4. The standard InChI is InChI=1S/C11H9NO3/c13-10-6-9(11(14)15)12-8-5-3-1-2-4-7(8)10/h1-2,4-6,12H,3H2,(H,14,15). The molecule has 15 heavy (non-hydrogen) atoms. The number of carboxylic acid groups (broad SMARTS) is 1. The van der Waals surface area contributed by atoms with E-state index in [-0.39, 0.29) is 11.1 Å². The molecule has 1 heterocycles. The van der Waals surface area contributed by atoms with Gasteiger partial charge in [-0.3, -0.25) is 4.79 Å². The van der Waals surface area contributed by atoms with Gasteiger partial charge < -0.3 is 10.1 Å². The van der Waals surface area contributed by atoms with Gasteiger partial charge in [0.25, 0.3) is 0 Å². The Hall–Kier alpha value is -2.10. The number of aromatic carboxylic acids is 1. The third-order valence-electron chi connectivity index (χ3n) is 2.19. The largest absolute Gasteiger partial charge is 0.477 e. The number of hydrogen-bond acceptors (Lipinski definition) is 2. The minimum absolute atomic E-state index is 0.0784. The van der Waals surface area contributed by atoms with Crippen LogP contribution in [0.5, 0.6) is 0 Å². The molecule has 0 amide bonds. The smallest absolute Gasteiger partial charge is 0.352 e. The molecule has 0 spiro atoms. The van der Waals surface area contributed by atoms with E-state index in [1.807, 2.05) is 6.08 Å². The third-order valence-corrected chi connectivity index (χ3v) is 2.19.